The summed E-state index contributed by atoms with van der Waals surface area (Å²) in [7, 11) is 0. The number of amides is 2. The van der Waals surface area contributed by atoms with Crippen LogP contribution in [0.1, 0.15) is 39.7 Å². The fraction of sp³-hybridized carbons (Fsp3) is 0.500. The van der Waals surface area contributed by atoms with Crippen LogP contribution in [-0.2, 0) is 11.2 Å². The Morgan fingerprint density at radius 3 is 2.19 bits per heavy atom. The largest absolute Gasteiger partial charge is 0.480 e. The summed E-state index contributed by atoms with van der Waals surface area (Å²) >= 11 is 0. The van der Waals surface area contributed by atoms with Gasteiger partial charge in [-0.1, -0.05) is 25.5 Å². The van der Waals surface area contributed by atoms with Crippen molar-refractivity contribution in [2.75, 3.05) is 11.9 Å². The van der Waals surface area contributed by atoms with Gasteiger partial charge in [0, 0.05) is 11.2 Å². The number of urea groups is 1. The van der Waals surface area contributed by atoms with E-state index in [9.17, 15) is 9.59 Å². The van der Waals surface area contributed by atoms with Crippen LogP contribution in [0, 0.1) is 0 Å². The Kier molecular flexibility index (Phi) is 5.76. The van der Waals surface area contributed by atoms with Crippen LogP contribution in [0.15, 0.2) is 24.3 Å². The van der Waals surface area contributed by atoms with Crippen LogP contribution < -0.4 is 5.32 Å². The first-order valence-corrected chi connectivity index (χ1v) is 7.13. The van der Waals surface area contributed by atoms with Crippen molar-refractivity contribution in [1.29, 1.82) is 0 Å². The second-order valence-corrected chi connectivity index (χ2v) is 6.03. The van der Waals surface area contributed by atoms with Crippen LogP contribution in [-0.4, -0.2) is 34.1 Å². The molecule has 0 unspecified atom stereocenters. The van der Waals surface area contributed by atoms with E-state index < -0.39 is 17.5 Å². The molecular weight excluding hydrogens is 268 g/mol. The number of benzene rings is 1. The number of carbonyl (C=O) groups is 2. The number of carbonyl (C=O) groups excluding carboxylic acids is 1. The first-order chi connectivity index (χ1) is 9.74. The summed E-state index contributed by atoms with van der Waals surface area (Å²) in [6, 6.07) is 7.21. The maximum atomic E-state index is 12.3. The molecule has 0 radical (unpaired) electrons. The summed E-state index contributed by atoms with van der Waals surface area (Å²) in [5.41, 5.74) is 1.32. The zero-order valence-corrected chi connectivity index (χ0v) is 13.1. The third-order valence-corrected chi connectivity index (χ3v) is 3.09. The molecule has 0 aliphatic carbocycles. The number of carboxylic acids is 1. The molecule has 5 nitrogen and oxygen atoms in total. The van der Waals surface area contributed by atoms with E-state index >= 15 is 0 Å². The highest BCUT2D eigenvalue weighted by Gasteiger charge is 2.28. The number of anilines is 1. The lowest BCUT2D eigenvalue weighted by molar-refractivity contribution is -0.138. The Balaban J connectivity index is 2.79. The summed E-state index contributed by atoms with van der Waals surface area (Å²) in [6.45, 7) is 7.20. The average Bonchev–Trinajstić information content (AvgIpc) is 2.37. The van der Waals surface area contributed by atoms with E-state index in [1.54, 1.807) is 20.8 Å². The molecule has 0 aliphatic heterocycles. The van der Waals surface area contributed by atoms with Gasteiger partial charge in [0.2, 0.25) is 0 Å². The van der Waals surface area contributed by atoms with Crippen molar-refractivity contribution in [3.63, 3.8) is 0 Å². The number of carboxylic acid groups (broad SMARTS) is 1. The predicted molar refractivity (Wildman–Crippen MR) is 83.6 cm³/mol. The quantitative estimate of drug-likeness (QED) is 0.874. The summed E-state index contributed by atoms with van der Waals surface area (Å²) in [4.78, 5) is 24.5. The molecule has 0 saturated carbocycles. The number of aryl methyl sites for hydroxylation is 1. The number of hydrogen-bond donors (Lipinski definition) is 2. The summed E-state index contributed by atoms with van der Waals surface area (Å²) in [6.07, 6.45) is 2.07. The van der Waals surface area contributed by atoms with E-state index in [4.69, 9.17) is 5.11 Å². The van der Waals surface area contributed by atoms with Crippen molar-refractivity contribution in [3.05, 3.63) is 29.8 Å². The molecule has 0 atom stereocenters. The Morgan fingerprint density at radius 2 is 1.76 bits per heavy atom. The molecule has 1 aromatic rings. The molecule has 0 spiro atoms. The van der Waals surface area contributed by atoms with Gasteiger partial charge in [-0.2, -0.15) is 0 Å². The van der Waals surface area contributed by atoms with Gasteiger partial charge in [0.1, 0.15) is 6.54 Å². The van der Waals surface area contributed by atoms with E-state index in [2.05, 4.69) is 12.2 Å². The third-order valence-electron chi connectivity index (χ3n) is 3.09. The van der Waals surface area contributed by atoms with Gasteiger partial charge in [-0.15, -0.1) is 0 Å². The third kappa shape index (κ3) is 5.45. The van der Waals surface area contributed by atoms with Crippen LogP contribution in [0.4, 0.5) is 10.5 Å². The molecular formula is C16H24N2O3. The maximum absolute atomic E-state index is 12.3. The van der Waals surface area contributed by atoms with Gasteiger partial charge in [0.05, 0.1) is 0 Å². The standard InChI is InChI=1S/C16H24N2O3/c1-5-6-12-7-9-13(10-8-12)17-15(21)18(11-14(19)20)16(2,3)4/h7-10H,5-6,11H2,1-4H3,(H,17,21)(H,19,20). The highest BCUT2D eigenvalue weighted by atomic mass is 16.4. The molecule has 116 valence electrons. The van der Waals surface area contributed by atoms with Crippen molar-refractivity contribution < 1.29 is 14.7 Å². The Labute approximate surface area is 126 Å². The average molecular weight is 292 g/mol. The smallest absolute Gasteiger partial charge is 0.323 e. The SMILES string of the molecule is CCCc1ccc(NC(=O)N(CC(=O)O)C(C)(C)C)cc1. The van der Waals surface area contributed by atoms with Crippen LogP contribution in [0.2, 0.25) is 0 Å². The minimum absolute atomic E-state index is 0.330. The zero-order chi connectivity index (χ0) is 16.0. The second-order valence-electron chi connectivity index (χ2n) is 6.03. The minimum Gasteiger partial charge on any atom is -0.480 e. The normalized spacial score (nSPS) is 11.0. The van der Waals surface area contributed by atoms with Gasteiger partial charge in [-0.05, 0) is 44.9 Å². The van der Waals surface area contributed by atoms with Crippen LogP contribution in [0.5, 0.6) is 0 Å². The molecule has 0 bridgehead atoms. The predicted octanol–water partition coefficient (Wildman–Crippen LogP) is 3.36. The topological polar surface area (TPSA) is 69.6 Å². The number of nitrogens with zero attached hydrogens (tertiary/aromatic N) is 1. The molecule has 0 aromatic heterocycles. The van der Waals surface area contributed by atoms with Gasteiger partial charge < -0.3 is 15.3 Å². The lowest BCUT2D eigenvalue weighted by Gasteiger charge is -2.34. The molecule has 2 N–H and O–H groups in total. The Morgan fingerprint density at radius 1 is 1.19 bits per heavy atom. The number of rotatable bonds is 5. The molecule has 5 heteroatoms. The molecule has 2 amide bonds. The van der Waals surface area contributed by atoms with Crippen molar-refractivity contribution in [1.82, 2.24) is 4.90 Å². The molecule has 21 heavy (non-hydrogen) atoms. The van der Waals surface area contributed by atoms with E-state index in [1.807, 2.05) is 24.3 Å². The van der Waals surface area contributed by atoms with Gasteiger partial charge in [-0.3, -0.25) is 4.79 Å². The molecule has 0 aliphatic rings. The summed E-state index contributed by atoms with van der Waals surface area (Å²) in [5, 5.41) is 11.7. The van der Waals surface area contributed by atoms with Gasteiger partial charge in [-0.25, -0.2) is 4.79 Å². The molecule has 0 heterocycles. The van der Waals surface area contributed by atoms with Gasteiger partial charge >= 0.3 is 12.0 Å². The fourth-order valence-corrected chi connectivity index (χ4v) is 1.98. The zero-order valence-electron chi connectivity index (χ0n) is 13.1. The van der Waals surface area contributed by atoms with Crippen LogP contribution in [0.3, 0.4) is 0 Å². The van der Waals surface area contributed by atoms with Crippen molar-refractivity contribution >= 4 is 17.7 Å². The number of aliphatic carboxylic acids is 1. The van der Waals surface area contributed by atoms with E-state index in [1.165, 1.54) is 10.5 Å². The Hall–Kier alpha value is -2.04. The molecule has 1 rings (SSSR count). The lowest BCUT2D eigenvalue weighted by atomic mass is 10.1. The summed E-state index contributed by atoms with van der Waals surface area (Å²) < 4.78 is 0. The highest BCUT2D eigenvalue weighted by molar-refractivity contribution is 5.91. The lowest BCUT2D eigenvalue weighted by Crippen LogP contribution is -2.50. The maximum Gasteiger partial charge on any atom is 0.323 e. The van der Waals surface area contributed by atoms with E-state index in [0.717, 1.165) is 12.8 Å². The molecule has 1 aromatic carbocycles. The Bertz CT molecular complexity index is 489. The van der Waals surface area contributed by atoms with Crippen LogP contribution >= 0.6 is 0 Å². The van der Waals surface area contributed by atoms with Crippen molar-refractivity contribution in [2.45, 2.75) is 46.1 Å². The van der Waals surface area contributed by atoms with Gasteiger partial charge in [0.25, 0.3) is 0 Å². The number of hydrogen-bond acceptors (Lipinski definition) is 2. The van der Waals surface area contributed by atoms with Crippen LogP contribution in [0.25, 0.3) is 0 Å². The van der Waals surface area contributed by atoms with E-state index in [-0.39, 0.29) is 6.54 Å². The van der Waals surface area contributed by atoms with Gasteiger partial charge in [0.15, 0.2) is 0 Å². The minimum atomic E-state index is -1.03. The number of nitrogens with one attached hydrogen (secondary N) is 1. The van der Waals surface area contributed by atoms with Crippen molar-refractivity contribution in [3.8, 4) is 0 Å². The molecule has 0 fully saturated rings. The first kappa shape index (κ1) is 17.0. The second kappa shape index (κ2) is 7.11. The first-order valence-electron chi connectivity index (χ1n) is 7.13. The monoisotopic (exact) mass is 292 g/mol. The molecule has 0 saturated heterocycles. The highest BCUT2D eigenvalue weighted by Crippen LogP contribution is 2.17. The van der Waals surface area contributed by atoms with E-state index in [0.29, 0.717) is 5.69 Å². The fourth-order valence-electron chi connectivity index (χ4n) is 1.98. The van der Waals surface area contributed by atoms with Crippen molar-refractivity contribution in [2.24, 2.45) is 0 Å². The summed E-state index contributed by atoms with van der Waals surface area (Å²) in [5.74, 6) is -1.03.